The first kappa shape index (κ1) is 18.7. The summed E-state index contributed by atoms with van der Waals surface area (Å²) >= 11 is 0. The monoisotopic (exact) mass is 401 g/mol. The van der Waals surface area contributed by atoms with Gasteiger partial charge in [-0.25, -0.2) is 9.20 Å². The van der Waals surface area contributed by atoms with Crippen molar-refractivity contribution >= 4 is 5.52 Å². The molecule has 0 bridgehead atoms. The lowest BCUT2D eigenvalue weighted by Gasteiger charge is -2.26. The van der Waals surface area contributed by atoms with E-state index in [2.05, 4.69) is 4.90 Å². The van der Waals surface area contributed by atoms with Gasteiger partial charge < -0.3 is 4.74 Å². The maximum absolute atomic E-state index is 12.5. The molecule has 0 amide bonds. The zero-order chi connectivity index (χ0) is 20.3. The molecule has 7 heteroatoms. The van der Waals surface area contributed by atoms with E-state index in [0.717, 1.165) is 60.9 Å². The Morgan fingerprint density at radius 2 is 1.67 bits per heavy atom. The predicted octanol–water partition coefficient (Wildman–Crippen LogP) is 2.56. The minimum atomic E-state index is -0.0928. The SMILES string of the molecule is O=c1ccc(-c2c(-c3ccccc3)nn3ccccc23)nn1CCN1CCOCC1. The van der Waals surface area contributed by atoms with E-state index >= 15 is 0 Å². The van der Waals surface area contributed by atoms with Crippen LogP contribution in [0.2, 0.25) is 0 Å². The number of hydrogen-bond donors (Lipinski definition) is 0. The highest BCUT2D eigenvalue weighted by Crippen LogP contribution is 2.33. The van der Waals surface area contributed by atoms with Gasteiger partial charge in [0.15, 0.2) is 0 Å². The molecule has 1 saturated heterocycles. The van der Waals surface area contributed by atoms with E-state index < -0.39 is 0 Å². The van der Waals surface area contributed by atoms with Crippen LogP contribution in [0.3, 0.4) is 0 Å². The van der Waals surface area contributed by atoms with E-state index in [1.807, 2.05) is 59.2 Å². The van der Waals surface area contributed by atoms with Crippen molar-refractivity contribution in [3.05, 3.63) is 77.2 Å². The Hall–Kier alpha value is -3.29. The molecule has 152 valence electrons. The van der Waals surface area contributed by atoms with E-state index in [1.54, 1.807) is 16.8 Å². The summed E-state index contributed by atoms with van der Waals surface area (Å²) in [5.41, 5.74) is 4.42. The molecule has 0 unspecified atom stereocenters. The first-order chi connectivity index (χ1) is 14.8. The normalized spacial score (nSPS) is 14.9. The molecule has 0 N–H and O–H groups in total. The molecule has 1 aliphatic rings. The third-order valence-corrected chi connectivity index (χ3v) is 5.44. The zero-order valence-electron chi connectivity index (χ0n) is 16.6. The Morgan fingerprint density at radius 3 is 2.50 bits per heavy atom. The highest BCUT2D eigenvalue weighted by atomic mass is 16.5. The number of aromatic nitrogens is 4. The maximum atomic E-state index is 12.5. The van der Waals surface area contributed by atoms with Crippen molar-refractivity contribution in [1.82, 2.24) is 24.3 Å². The Morgan fingerprint density at radius 1 is 0.867 bits per heavy atom. The fourth-order valence-corrected chi connectivity index (χ4v) is 3.85. The summed E-state index contributed by atoms with van der Waals surface area (Å²) in [6.07, 6.45) is 1.93. The van der Waals surface area contributed by atoms with Crippen LogP contribution in [-0.2, 0) is 11.3 Å². The van der Waals surface area contributed by atoms with Crippen LogP contribution in [0.15, 0.2) is 71.7 Å². The fourth-order valence-electron chi connectivity index (χ4n) is 3.85. The Balaban J connectivity index is 1.56. The molecule has 5 rings (SSSR count). The van der Waals surface area contributed by atoms with Gasteiger partial charge >= 0.3 is 0 Å². The molecule has 4 aromatic rings. The maximum Gasteiger partial charge on any atom is 0.266 e. The number of rotatable bonds is 5. The molecule has 0 spiro atoms. The van der Waals surface area contributed by atoms with Crippen LogP contribution in [0, 0.1) is 0 Å². The standard InChI is InChI=1S/C23H23N5O2/c29-21-10-9-19(24-28(21)13-12-26-14-16-30-17-15-26)22-20-8-4-5-11-27(20)25-23(22)18-6-2-1-3-7-18/h1-11H,12-17H2. The first-order valence-corrected chi connectivity index (χ1v) is 10.2. The molecular formula is C23H23N5O2. The van der Waals surface area contributed by atoms with Gasteiger partial charge in [-0.05, 0) is 18.2 Å². The summed E-state index contributed by atoms with van der Waals surface area (Å²) < 4.78 is 8.83. The van der Waals surface area contributed by atoms with Crippen molar-refractivity contribution in [1.29, 1.82) is 0 Å². The van der Waals surface area contributed by atoms with Crippen LogP contribution in [0.5, 0.6) is 0 Å². The molecule has 0 radical (unpaired) electrons. The van der Waals surface area contributed by atoms with Crippen molar-refractivity contribution in [2.75, 3.05) is 32.8 Å². The van der Waals surface area contributed by atoms with Gasteiger partial charge in [-0.1, -0.05) is 36.4 Å². The third-order valence-electron chi connectivity index (χ3n) is 5.44. The van der Waals surface area contributed by atoms with Gasteiger partial charge in [0.25, 0.3) is 5.56 Å². The first-order valence-electron chi connectivity index (χ1n) is 10.2. The van der Waals surface area contributed by atoms with Crippen LogP contribution in [0.4, 0.5) is 0 Å². The lowest BCUT2D eigenvalue weighted by Crippen LogP contribution is -2.39. The molecule has 1 aromatic carbocycles. The molecule has 0 saturated carbocycles. The van der Waals surface area contributed by atoms with Gasteiger partial charge in [0.1, 0.15) is 5.69 Å². The second-order valence-electron chi connectivity index (χ2n) is 7.35. The van der Waals surface area contributed by atoms with Crippen molar-refractivity contribution in [3.63, 3.8) is 0 Å². The van der Waals surface area contributed by atoms with Crippen molar-refractivity contribution < 1.29 is 4.74 Å². The van der Waals surface area contributed by atoms with Crippen LogP contribution in [-0.4, -0.2) is 57.1 Å². The number of fused-ring (bicyclic) bond motifs is 1. The third kappa shape index (κ3) is 3.65. The van der Waals surface area contributed by atoms with E-state index in [4.69, 9.17) is 14.9 Å². The minimum absolute atomic E-state index is 0.0928. The lowest BCUT2D eigenvalue weighted by molar-refractivity contribution is 0.0358. The molecule has 7 nitrogen and oxygen atoms in total. The van der Waals surface area contributed by atoms with Crippen LogP contribution in [0.1, 0.15) is 0 Å². The van der Waals surface area contributed by atoms with Gasteiger partial charge in [-0.15, -0.1) is 0 Å². The summed E-state index contributed by atoms with van der Waals surface area (Å²) in [6, 6.07) is 19.4. The highest BCUT2D eigenvalue weighted by Gasteiger charge is 2.18. The van der Waals surface area contributed by atoms with Crippen molar-refractivity contribution in [3.8, 4) is 22.5 Å². The molecule has 1 aliphatic heterocycles. The lowest BCUT2D eigenvalue weighted by atomic mass is 10.0. The molecule has 4 heterocycles. The number of pyridine rings is 1. The Bertz CT molecular complexity index is 1210. The summed E-state index contributed by atoms with van der Waals surface area (Å²) in [6.45, 7) is 4.59. The van der Waals surface area contributed by atoms with Gasteiger partial charge in [0, 0.05) is 37.5 Å². The van der Waals surface area contributed by atoms with Crippen LogP contribution < -0.4 is 5.56 Å². The second-order valence-corrected chi connectivity index (χ2v) is 7.35. The molecular weight excluding hydrogens is 378 g/mol. The van der Waals surface area contributed by atoms with Gasteiger partial charge in [0.05, 0.1) is 36.5 Å². The average molecular weight is 401 g/mol. The van der Waals surface area contributed by atoms with Crippen LogP contribution in [0.25, 0.3) is 28.0 Å². The largest absolute Gasteiger partial charge is 0.379 e. The van der Waals surface area contributed by atoms with Gasteiger partial charge in [0.2, 0.25) is 0 Å². The van der Waals surface area contributed by atoms with E-state index in [1.165, 1.54) is 0 Å². The predicted molar refractivity (Wildman–Crippen MR) is 115 cm³/mol. The summed E-state index contributed by atoms with van der Waals surface area (Å²) in [5.74, 6) is 0. The highest BCUT2D eigenvalue weighted by molar-refractivity contribution is 5.90. The zero-order valence-corrected chi connectivity index (χ0v) is 16.6. The molecule has 0 atom stereocenters. The number of benzene rings is 1. The quantitative estimate of drug-likeness (QED) is 0.514. The van der Waals surface area contributed by atoms with E-state index in [9.17, 15) is 4.79 Å². The molecule has 1 fully saturated rings. The topological polar surface area (TPSA) is 64.7 Å². The average Bonchev–Trinajstić information content (AvgIpc) is 3.19. The molecule has 30 heavy (non-hydrogen) atoms. The smallest absolute Gasteiger partial charge is 0.266 e. The molecule has 0 aliphatic carbocycles. The number of hydrogen-bond acceptors (Lipinski definition) is 5. The summed E-state index contributed by atoms with van der Waals surface area (Å²) in [7, 11) is 0. The Kier molecular flexibility index (Phi) is 5.13. The minimum Gasteiger partial charge on any atom is -0.379 e. The van der Waals surface area contributed by atoms with Crippen molar-refractivity contribution in [2.45, 2.75) is 6.54 Å². The number of morpholine rings is 1. The van der Waals surface area contributed by atoms with Gasteiger partial charge in [-0.2, -0.15) is 10.2 Å². The summed E-state index contributed by atoms with van der Waals surface area (Å²) in [4.78, 5) is 14.8. The molecule has 3 aromatic heterocycles. The fraction of sp³-hybridized carbons (Fsp3) is 0.261. The second kappa shape index (κ2) is 8.22. The van der Waals surface area contributed by atoms with E-state index in [-0.39, 0.29) is 5.56 Å². The van der Waals surface area contributed by atoms with Crippen molar-refractivity contribution in [2.24, 2.45) is 0 Å². The number of ether oxygens (including phenoxy) is 1. The van der Waals surface area contributed by atoms with Crippen LogP contribution >= 0.6 is 0 Å². The number of nitrogens with zero attached hydrogens (tertiary/aromatic N) is 5. The Labute approximate surface area is 174 Å². The van der Waals surface area contributed by atoms with E-state index in [0.29, 0.717) is 6.54 Å². The van der Waals surface area contributed by atoms with Gasteiger partial charge in [-0.3, -0.25) is 9.69 Å². The summed E-state index contributed by atoms with van der Waals surface area (Å²) in [5, 5.41) is 9.53.